The number of rotatable bonds is 3. The highest BCUT2D eigenvalue weighted by Gasteiger charge is 2.37. The van der Waals surface area contributed by atoms with Gasteiger partial charge in [0, 0.05) is 36.7 Å². The number of aryl methyl sites for hydroxylation is 1. The number of aromatic nitrogens is 3. The summed E-state index contributed by atoms with van der Waals surface area (Å²) >= 11 is 0. The normalized spacial score (nSPS) is 19.3. The first kappa shape index (κ1) is 17.2. The molecule has 2 atom stereocenters. The smallest absolute Gasteiger partial charge is 0.321 e. The summed E-state index contributed by atoms with van der Waals surface area (Å²) in [6, 6.07) is 11.4. The van der Waals surface area contributed by atoms with Crippen LogP contribution in [0.3, 0.4) is 0 Å². The van der Waals surface area contributed by atoms with Crippen LogP contribution in [0.4, 0.5) is 10.5 Å². The molecule has 4 rings (SSSR count). The highest BCUT2D eigenvalue weighted by molar-refractivity contribution is 5.89. The molecule has 1 N–H and O–H groups in total. The van der Waals surface area contributed by atoms with E-state index in [9.17, 15) is 4.79 Å². The summed E-state index contributed by atoms with van der Waals surface area (Å²) in [7, 11) is 0. The molecule has 3 heterocycles. The van der Waals surface area contributed by atoms with Gasteiger partial charge in [-0.15, -0.1) is 0 Å². The van der Waals surface area contributed by atoms with Crippen molar-refractivity contribution in [3.05, 3.63) is 60.2 Å². The monoisotopic (exact) mass is 363 g/mol. The van der Waals surface area contributed by atoms with E-state index < -0.39 is 0 Å². The van der Waals surface area contributed by atoms with E-state index >= 15 is 0 Å². The number of pyridine rings is 1. The molecule has 0 radical (unpaired) electrons. The number of carbonyl (C=O) groups is 1. The van der Waals surface area contributed by atoms with E-state index in [-0.39, 0.29) is 17.9 Å². The third kappa shape index (κ3) is 3.67. The van der Waals surface area contributed by atoms with Gasteiger partial charge in [-0.3, -0.25) is 4.98 Å². The second kappa shape index (κ2) is 7.19. The predicted molar refractivity (Wildman–Crippen MR) is 101 cm³/mol. The van der Waals surface area contributed by atoms with Crippen molar-refractivity contribution < 1.29 is 9.32 Å². The Morgan fingerprint density at radius 1 is 1.26 bits per heavy atom. The van der Waals surface area contributed by atoms with Crippen molar-refractivity contribution in [2.75, 3.05) is 18.4 Å². The van der Waals surface area contributed by atoms with Gasteiger partial charge in [-0.1, -0.05) is 24.2 Å². The minimum Gasteiger partial charge on any atom is -0.339 e. The first-order chi connectivity index (χ1) is 13.1. The molecule has 0 saturated carbocycles. The minimum absolute atomic E-state index is 0.0196. The van der Waals surface area contributed by atoms with Crippen molar-refractivity contribution in [1.29, 1.82) is 0 Å². The molecule has 7 nitrogen and oxygen atoms in total. The minimum atomic E-state index is -0.109. The van der Waals surface area contributed by atoms with Crippen molar-refractivity contribution in [3.8, 4) is 11.4 Å². The summed E-state index contributed by atoms with van der Waals surface area (Å²) in [5, 5.41) is 7.03. The number of amides is 2. The first-order valence-corrected chi connectivity index (χ1v) is 8.97. The molecule has 2 aromatic heterocycles. The lowest BCUT2D eigenvalue weighted by Crippen LogP contribution is -2.33. The van der Waals surface area contributed by atoms with E-state index in [0.717, 1.165) is 16.8 Å². The van der Waals surface area contributed by atoms with Crippen LogP contribution in [0.5, 0.6) is 0 Å². The summed E-state index contributed by atoms with van der Waals surface area (Å²) in [4.78, 5) is 23.0. The van der Waals surface area contributed by atoms with Crippen LogP contribution in [-0.4, -0.2) is 39.1 Å². The number of nitrogens with zero attached hydrogens (tertiary/aromatic N) is 4. The van der Waals surface area contributed by atoms with Crippen LogP contribution in [0, 0.1) is 12.8 Å². The average Bonchev–Trinajstić information content (AvgIpc) is 3.29. The van der Waals surface area contributed by atoms with E-state index in [2.05, 4.69) is 27.4 Å². The molecule has 1 fully saturated rings. The van der Waals surface area contributed by atoms with Crippen LogP contribution < -0.4 is 5.32 Å². The molecule has 1 aliphatic heterocycles. The van der Waals surface area contributed by atoms with E-state index in [0.29, 0.717) is 24.8 Å². The molecular formula is C20H21N5O2. The fraction of sp³-hybridized carbons (Fsp3) is 0.300. The van der Waals surface area contributed by atoms with E-state index in [1.54, 1.807) is 17.3 Å². The van der Waals surface area contributed by atoms with Gasteiger partial charge < -0.3 is 14.7 Å². The Bertz CT molecular complexity index is 940. The highest BCUT2D eigenvalue weighted by Crippen LogP contribution is 2.32. The Labute approximate surface area is 157 Å². The van der Waals surface area contributed by atoms with Gasteiger partial charge in [0.25, 0.3) is 0 Å². The lowest BCUT2D eigenvalue weighted by Gasteiger charge is -2.17. The Kier molecular flexibility index (Phi) is 4.58. The van der Waals surface area contributed by atoms with Crippen molar-refractivity contribution in [3.63, 3.8) is 0 Å². The summed E-state index contributed by atoms with van der Waals surface area (Å²) in [5.41, 5.74) is 2.72. The Balaban J connectivity index is 1.45. The predicted octanol–water partition coefficient (Wildman–Crippen LogP) is 3.71. The molecule has 3 aromatic rings. The molecule has 0 aliphatic carbocycles. The third-order valence-electron chi connectivity index (χ3n) is 4.85. The summed E-state index contributed by atoms with van der Waals surface area (Å²) in [6.07, 6.45) is 3.41. The first-order valence-electron chi connectivity index (χ1n) is 8.97. The molecule has 7 heteroatoms. The molecule has 0 spiro atoms. The molecular weight excluding hydrogens is 342 g/mol. The number of urea groups is 1. The van der Waals surface area contributed by atoms with Gasteiger partial charge in [0.05, 0.1) is 5.92 Å². The maximum Gasteiger partial charge on any atom is 0.321 e. The number of likely N-dealkylation sites (tertiary alicyclic amines) is 1. The molecule has 1 aromatic carbocycles. The van der Waals surface area contributed by atoms with Gasteiger partial charge in [0.2, 0.25) is 11.7 Å². The zero-order chi connectivity index (χ0) is 18.8. The number of nitrogens with one attached hydrogen (secondary N) is 1. The van der Waals surface area contributed by atoms with Crippen LogP contribution in [0.25, 0.3) is 11.4 Å². The maximum atomic E-state index is 12.6. The molecule has 0 bridgehead atoms. The van der Waals surface area contributed by atoms with Crippen LogP contribution in [0.15, 0.2) is 53.3 Å². The van der Waals surface area contributed by atoms with Gasteiger partial charge in [-0.05, 0) is 42.7 Å². The lowest BCUT2D eigenvalue weighted by molar-refractivity contribution is 0.220. The van der Waals surface area contributed by atoms with Gasteiger partial charge in [-0.2, -0.15) is 4.98 Å². The number of benzene rings is 1. The van der Waals surface area contributed by atoms with Gasteiger partial charge >= 0.3 is 6.03 Å². The maximum absolute atomic E-state index is 12.6. The summed E-state index contributed by atoms with van der Waals surface area (Å²) in [5.74, 6) is 1.34. The average molecular weight is 363 g/mol. The van der Waals surface area contributed by atoms with Crippen LogP contribution >= 0.6 is 0 Å². The fourth-order valence-electron chi connectivity index (χ4n) is 3.38. The standard InChI is InChI=1S/C20H21N5O2/c1-13-5-3-7-16(9-13)22-20(26)25-11-14(2)17(12-25)19-23-18(24-27-19)15-6-4-8-21-10-15/h3-10,14,17H,11-12H2,1-2H3,(H,22,26)/t14-,17-/m0/s1. The van der Waals surface area contributed by atoms with Gasteiger partial charge in [-0.25, -0.2) is 4.79 Å². The number of hydrogen-bond donors (Lipinski definition) is 1. The SMILES string of the molecule is Cc1cccc(NC(=O)N2C[C@H](c3nc(-c4cccnc4)no3)[C@@H](C)C2)c1. The zero-order valence-electron chi connectivity index (χ0n) is 15.3. The Hall–Kier alpha value is -3.22. The molecule has 1 saturated heterocycles. The quantitative estimate of drug-likeness (QED) is 0.767. The van der Waals surface area contributed by atoms with E-state index in [1.807, 2.05) is 43.3 Å². The van der Waals surface area contributed by atoms with Crippen molar-refractivity contribution in [1.82, 2.24) is 20.0 Å². The fourth-order valence-corrected chi connectivity index (χ4v) is 3.38. The number of anilines is 1. The summed E-state index contributed by atoms with van der Waals surface area (Å²) in [6.45, 7) is 5.29. The highest BCUT2D eigenvalue weighted by atomic mass is 16.5. The van der Waals surface area contributed by atoms with Crippen LogP contribution in [-0.2, 0) is 0 Å². The van der Waals surface area contributed by atoms with E-state index in [4.69, 9.17) is 4.52 Å². The molecule has 2 amide bonds. The van der Waals surface area contributed by atoms with Crippen molar-refractivity contribution in [2.24, 2.45) is 5.92 Å². The lowest BCUT2D eigenvalue weighted by atomic mass is 9.98. The van der Waals surface area contributed by atoms with Gasteiger partial charge in [0.15, 0.2) is 0 Å². The topological polar surface area (TPSA) is 84.2 Å². The molecule has 0 unspecified atom stereocenters. The van der Waals surface area contributed by atoms with Crippen molar-refractivity contribution >= 4 is 11.7 Å². The number of carbonyl (C=O) groups excluding carboxylic acids is 1. The van der Waals surface area contributed by atoms with E-state index in [1.165, 1.54) is 0 Å². The second-order valence-corrected chi connectivity index (χ2v) is 6.99. The van der Waals surface area contributed by atoms with Crippen LogP contribution in [0.1, 0.15) is 24.3 Å². The summed E-state index contributed by atoms with van der Waals surface area (Å²) < 4.78 is 5.49. The Morgan fingerprint density at radius 2 is 2.15 bits per heavy atom. The van der Waals surface area contributed by atoms with Crippen LogP contribution in [0.2, 0.25) is 0 Å². The largest absolute Gasteiger partial charge is 0.339 e. The molecule has 138 valence electrons. The Morgan fingerprint density at radius 3 is 2.93 bits per heavy atom. The third-order valence-corrected chi connectivity index (χ3v) is 4.85. The van der Waals surface area contributed by atoms with Gasteiger partial charge in [0.1, 0.15) is 0 Å². The molecule has 1 aliphatic rings. The number of hydrogen-bond acceptors (Lipinski definition) is 5. The molecule has 27 heavy (non-hydrogen) atoms. The zero-order valence-corrected chi connectivity index (χ0v) is 15.3. The van der Waals surface area contributed by atoms with Crippen molar-refractivity contribution in [2.45, 2.75) is 19.8 Å². The second-order valence-electron chi connectivity index (χ2n) is 6.99.